The molecular formula is C18H22N4O3. The average Bonchev–Trinajstić information content (AvgIpc) is 3.27. The molecule has 1 atom stereocenters. The van der Waals surface area contributed by atoms with Crippen molar-refractivity contribution in [2.75, 3.05) is 13.1 Å². The number of piperidine rings is 1. The van der Waals surface area contributed by atoms with Crippen LogP contribution in [0.3, 0.4) is 0 Å². The number of imidazole rings is 1. The van der Waals surface area contributed by atoms with E-state index in [2.05, 4.69) is 10.1 Å². The third kappa shape index (κ3) is 2.88. The van der Waals surface area contributed by atoms with Crippen LogP contribution < -0.4 is 0 Å². The third-order valence-corrected chi connectivity index (χ3v) is 5.28. The molecule has 7 heteroatoms. The first-order valence-electron chi connectivity index (χ1n) is 8.93. The van der Waals surface area contributed by atoms with Crippen LogP contribution in [-0.4, -0.2) is 44.4 Å². The van der Waals surface area contributed by atoms with Crippen molar-refractivity contribution in [3.05, 3.63) is 35.2 Å². The molecule has 1 aliphatic heterocycles. The average molecular weight is 342 g/mol. The Balaban J connectivity index is 1.51. The van der Waals surface area contributed by atoms with Crippen LogP contribution in [0, 0.1) is 5.92 Å². The molecule has 1 saturated heterocycles. The Bertz CT molecular complexity index is 807. The number of rotatable bonds is 3. The second kappa shape index (κ2) is 6.46. The second-order valence-corrected chi connectivity index (χ2v) is 6.96. The topological polar surface area (TPSA) is 81.2 Å². The van der Waals surface area contributed by atoms with Crippen molar-refractivity contribution < 1.29 is 14.1 Å². The maximum absolute atomic E-state index is 12.9. The van der Waals surface area contributed by atoms with Crippen molar-refractivity contribution in [2.24, 2.45) is 13.0 Å². The molecule has 3 heterocycles. The van der Waals surface area contributed by atoms with Gasteiger partial charge in [0.25, 0.3) is 5.91 Å². The molecule has 4 rings (SSSR count). The van der Waals surface area contributed by atoms with Crippen LogP contribution in [0.2, 0.25) is 0 Å². The molecule has 1 fully saturated rings. The highest BCUT2D eigenvalue weighted by atomic mass is 16.5. The van der Waals surface area contributed by atoms with Crippen molar-refractivity contribution >= 4 is 11.7 Å². The Hall–Kier alpha value is -2.44. The van der Waals surface area contributed by atoms with Gasteiger partial charge < -0.3 is 14.0 Å². The third-order valence-electron chi connectivity index (χ3n) is 5.28. The van der Waals surface area contributed by atoms with Gasteiger partial charge in [0, 0.05) is 44.0 Å². The summed E-state index contributed by atoms with van der Waals surface area (Å²) in [5, 5.41) is 4.08. The maximum Gasteiger partial charge on any atom is 0.292 e. The maximum atomic E-state index is 12.9. The Kier molecular flexibility index (Phi) is 4.15. The molecule has 2 aliphatic rings. The SMILES string of the molecule is Cn1ccnc1C(=O)C1CCCN(C(=O)c2onc3c2CCCC3)C1. The lowest BCUT2D eigenvalue weighted by Gasteiger charge is -2.31. The molecule has 0 spiro atoms. The molecule has 1 aliphatic carbocycles. The lowest BCUT2D eigenvalue weighted by molar-refractivity contribution is 0.0598. The summed E-state index contributed by atoms with van der Waals surface area (Å²) in [7, 11) is 1.81. The van der Waals surface area contributed by atoms with E-state index in [0.29, 0.717) is 24.7 Å². The zero-order chi connectivity index (χ0) is 17.4. The lowest BCUT2D eigenvalue weighted by atomic mass is 9.92. The van der Waals surface area contributed by atoms with Gasteiger partial charge in [0.15, 0.2) is 5.82 Å². The van der Waals surface area contributed by atoms with E-state index in [9.17, 15) is 9.59 Å². The minimum absolute atomic E-state index is 0.00426. The standard InChI is InChI=1S/C18H22N4O3/c1-21-10-8-19-17(21)15(23)12-5-4-9-22(11-12)18(24)16-13-6-2-3-7-14(13)20-25-16/h8,10,12H,2-7,9,11H2,1H3. The predicted octanol–water partition coefficient (Wildman–Crippen LogP) is 2.02. The number of aryl methyl sites for hydroxylation is 2. The molecule has 1 unspecified atom stereocenters. The number of hydrogen-bond acceptors (Lipinski definition) is 5. The van der Waals surface area contributed by atoms with Crippen LogP contribution >= 0.6 is 0 Å². The monoisotopic (exact) mass is 342 g/mol. The minimum atomic E-state index is -0.211. The zero-order valence-electron chi connectivity index (χ0n) is 14.4. The highest BCUT2D eigenvalue weighted by Crippen LogP contribution is 2.27. The van der Waals surface area contributed by atoms with Gasteiger partial charge in [-0.1, -0.05) is 5.16 Å². The van der Waals surface area contributed by atoms with Gasteiger partial charge in [-0.05, 0) is 38.5 Å². The molecule has 7 nitrogen and oxygen atoms in total. The fourth-order valence-electron chi connectivity index (χ4n) is 3.86. The van der Waals surface area contributed by atoms with Crippen LogP contribution in [-0.2, 0) is 19.9 Å². The Morgan fingerprint density at radius 2 is 2.08 bits per heavy atom. The summed E-state index contributed by atoms with van der Waals surface area (Å²) in [6.07, 6.45) is 8.87. The van der Waals surface area contributed by atoms with E-state index in [0.717, 1.165) is 49.8 Å². The number of nitrogens with zero attached hydrogens (tertiary/aromatic N) is 4. The van der Waals surface area contributed by atoms with Gasteiger partial charge in [0.05, 0.1) is 5.69 Å². The van der Waals surface area contributed by atoms with E-state index in [-0.39, 0.29) is 17.6 Å². The highest BCUT2D eigenvalue weighted by Gasteiger charge is 2.34. The number of aromatic nitrogens is 3. The largest absolute Gasteiger partial charge is 0.350 e. The first-order valence-corrected chi connectivity index (χ1v) is 8.93. The number of Topliss-reactive ketones (excluding diaryl/α,β-unsaturated/α-hetero) is 1. The smallest absolute Gasteiger partial charge is 0.292 e. The number of carbonyl (C=O) groups excluding carboxylic acids is 2. The molecule has 0 aromatic carbocycles. The van der Waals surface area contributed by atoms with Crippen molar-refractivity contribution in [1.29, 1.82) is 0 Å². The van der Waals surface area contributed by atoms with Gasteiger partial charge in [-0.3, -0.25) is 9.59 Å². The molecular weight excluding hydrogens is 320 g/mol. The number of hydrogen-bond donors (Lipinski definition) is 0. The van der Waals surface area contributed by atoms with E-state index in [4.69, 9.17) is 4.52 Å². The molecule has 0 radical (unpaired) electrons. The second-order valence-electron chi connectivity index (χ2n) is 6.96. The molecule has 2 aromatic heterocycles. The van der Waals surface area contributed by atoms with Crippen molar-refractivity contribution in [3.8, 4) is 0 Å². The van der Waals surface area contributed by atoms with E-state index in [1.54, 1.807) is 21.9 Å². The molecule has 0 bridgehead atoms. The number of carbonyl (C=O) groups is 2. The first kappa shape index (κ1) is 16.1. The Morgan fingerprint density at radius 1 is 1.24 bits per heavy atom. The summed E-state index contributed by atoms with van der Waals surface area (Å²) in [6.45, 7) is 1.07. The summed E-state index contributed by atoms with van der Waals surface area (Å²) in [4.78, 5) is 31.5. The molecule has 25 heavy (non-hydrogen) atoms. The van der Waals surface area contributed by atoms with Gasteiger partial charge in [0.1, 0.15) is 0 Å². The van der Waals surface area contributed by atoms with Gasteiger partial charge in [-0.15, -0.1) is 0 Å². The molecule has 0 N–H and O–H groups in total. The fraction of sp³-hybridized carbons (Fsp3) is 0.556. The first-order chi connectivity index (χ1) is 12.1. The summed E-state index contributed by atoms with van der Waals surface area (Å²) in [5.41, 5.74) is 1.89. The van der Waals surface area contributed by atoms with Gasteiger partial charge in [-0.2, -0.15) is 0 Å². The fourth-order valence-corrected chi connectivity index (χ4v) is 3.86. The van der Waals surface area contributed by atoms with E-state index >= 15 is 0 Å². The number of fused-ring (bicyclic) bond motifs is 1. The number of likely N-dealkylation sites (tertiary alicyclic amines) is 1. The van der Waals surface area contributed by atoms with Gasteiger partial charge in [0.2, 0.25) is 11.5 Å². The summed E-state index contributed by atoms with van der Waals surface area (Å²) in [5.74, 6) is 0.492. The van der Waals surface area contributed by atoms with E-state index < -0.39 is 0 Å². The van der Waals surface area contributed by atoms with Crippen molar-refractivity contribution in [3.63, 3.8) is 0 Å². The minimum Gasteiger partial charge on any atom is -0.350 e. The lowest BCUT2D eigenvalue weighted by Crippen LogP contribution is -2.43. The quantitative estimate of drug-likeness (QED) is 0.797. The van der Waals surface area contributed by atoms with Crippen LogP contribution in [0.4, 0.5) is 0 Å². The Morgan fingerprint density at radius 3 is 2.88 bits per heavy atom. The summed E-state index contributed by atoms with van der Waals surface area (Å²) in [6, 6.07) is 0. The number of ketones is 1. The van der Waals surface area contributed by atoms with Crippen molar-refractivity contribution in [1.82, 2.24) is 19.6 Å². The number of amides is 1. The molecule has 2 aromatic rings. The molecule has 0 saturated carbocycles. The van der Waals surface area contributed by atoms with Crippen LogP contribution in [0.25, 0.3) is 0 Å². The predicted molar refractivity (Wildman–Crippen MR) is 89.3 cm³/mol. The highest BCUT2D eigenvalue weighted by molar-refractivity contribution is 5.97. The summed E-state index contributed by atoms with van der Waals surface area (Å²) >= 11 is 0. The van der Waals surface area contributed by atoms with Crippen LogP contribution in [0.5, 0.6) is 0 Å². The van der Waals surface area contributed by atoms with E-state index in [1.165, 1.54) is 0 Å². The van der Waals surface area contributed by atoms with Gasteiger partial charge >= 0.3 is 0 Å². The van der Waals surface area contributed by atoms with Gasteiger partial charge in [-0.25, -0.2) is 4.98 Å². The Labute approximate surface area is 146 Å². The summed E-state index contributed by atoms with van der Waals surface area (Å²) < 4.78 is 7.11. The van der Waals surface area contributed by atoms with Crippen LogP contribution in [0.15, 0.2) is 16.9 Å². The van der Waals surface area contributed by atoms with Crippen molar-refractivity contribution in [2.45, 2.75) is 38.5 Å². The molecule has 132 valence electrons. The zero-order valence-corrected chi connectivity index (χ0v) is 14.4. The normalized spacial score (nSPS) is 20.4. The van der Waals surface area contributed by atoms with E-state index in [1.807, 2.05) is 7.05 Å². The molecule has 1 amide bonds. The van der Waals surface area contributed by atoms with Crippen LogP contribution in [0.1, 0.15) is 58.1 Å².